The van der Waals surface area contributed by atoms with Crippen LogP contribution in [0.4, 0.5) is 5.69 Å². The number of hydrogen-bond acceptors (Lipinski definition) is 3. The van der Waals surface area contributed by atoms with Gasteiger partial charge in [0.05, 0.1) is 5.69 Å². The molecule has 27 heavy (non-hydrogen) atoms. The molecule has 134 valence electrons. The Hall–Kier alpha value is -2.70. The van der Waals surface area contributed by atoms with Crippen molar-refractivity contribution in [3.63, 3.8) is 0 Å². The monoisotopic (exact) mass is 440 g/mol. The zero-order valence-corrected chi connectivity index (χ0v) is 16.6. The molecule has 1 N–H and O–H groups in total. The Bertz CT molecular complexity index is 1150. The number of aryl methyl sites for hydroxylation is 1. The molecule has 1 heterocycles. The second-order valence-electron chi connectivity index (χ2n) is 6.09. The van der Waals surface area contributed by atoms with Crippen LogP contribution in [0.3, 0.4) is 0 Å². The van der Waals surface area contributed by atoms with Gasteiger partial charge in [0.25, 0.3) is 5.91 Å². The van der Waals surface area contributed by atoms with E-state index in [1.54, 1.807) is 29.1 Å². The normalized spacial score (nSPS) is 10.9. The summed E-state index contributed by atoms with van der Waals surface area (Å²) in [5.41, 5.74) is 4.45. The van der Waals surface area contributed by atoms with Gasteiger partial charge in [0.15, 0.2) is 0 Å². The maximum absolute atomic E-state index is 12.5. The lowest BCUT2D eigenvalue weighted by Gasteiger charge is -2.08. The fraction of sp³-hybridized carbons (Fsp3) is 0.0500. The van der Waals surface area contributed by atoms with E-state index in [1.807, 2.05) is 43.3 Å². The SMILES string of the molecule is Cc1cc2nn(-c3ccc(Cl)cc3)nc2cc1NC(=O)c1cccc(Br)c1. The molecule has 0 saturated heterocycles. The van der Waals surface area contributed by atoms with E-state index in [1.165, 1.54) is 0 Å². The van der Waals surface area contributed by atoms with Gasteiger partial charge in [-0.3, -0.25) is 4.79 Å². The fourth-order valence-electron chi connectivity index (χ4n) is 2.72. The van der Waals surface area contributed by atoms with Gasteiger partial charge >= 0.3 is 0 Å². The molecular formula is C20H14BrClN4O. The molecule has 0 saturated carbocycles. The van der Waals surface area contributed by atoms with E-state index >= 15 is 0 Å². The van der Waals surface area contributed by atoms with Crippen molar-refractivity contribution in [1.82, 2.24) is 15.0 Å². The number of benzene rings is 3. The molecule has 0 spiro atoms. The number of anilines is 1. The topological polar surface area (TPSA) is 59.8 Å². The number of rotatable bonds is 3. The van der Waals surface area contributed by atoms with Gasteiger partial charge in [0.2, 0.25) is 0 Å². The highest BCUT2D eigenvalue weighted by molar-refractivity contribution is 9.10. The number of carbonyl (C=O) groups is 1. The first-order valence-corrected chi connectivity index (χ1v) is 9.37. The lowest BCUT2D eigenvalue weighted by Crippen LogP contribution is -2.12. The summed E-state index contributed by atoms with van der Waals surface area (Å²) in [6, 6.07) is 18.3. The second kappa shape index (κ2) is 7.13. The molecule has 0 fully saturated rings. The zero-order valence-electron chi connectivity index (χ0n) is 14.3. The van der Waals surface area contributed by atoms with Crippen LogP contribution >= 0.6 is 27.5 Å². The first-order chi connectivity index (χ1) is 13.0. The Kier molecular flexibility index (Phi) is 4.68. The molecule has 4 aromatic rings. The maximum Gasteiger partial charge on any atom is 0.255 e. The van der Waals surface area contributed by atoms with Gasteiger partial charge < -0.3 is 5.32 Å². The zero-order chi connectivity index (χ0) is 19.0. The molecule has 0 bridgehead atoms. The van der Waals surface area contributed by atoms with Crippen molar-refractivity contribution in [2.24, 2.45) is 0 Å². The minimum Gasteiger partial charge on any atom is -0.322 e. The third kappa shape index (κ3) is 3.72. The van der Waals surface area contributed by atoms with Gasteiger partial charge in [0, 0.05) is 20.7 Å². The van der Waals surface area contributed by atoms with E-state index in [9.17, 15) is 4.79 Å². The smallest absolute Gasteiger partial charge is 0.255 e. The Balaban J connectivity index is 1.67. The number of fused-ring (bicyclic) bond motifs is 1. The minimum absolute atomic E-state index is 0.177. The molecular weight excluding hydrogens is 428 g/mol. The van der Waals surface area contributed by atoms with Gasteiger partial charge in [0.1, 0.15) is 11.0 Å². The highest BCUT2D eigenvalue weighted by Gasteiger charge is 2.12. The van der Waals surface area contributed by atoms with Crippen molar-refractivity contribution in [2.45, 2.75) is 6.92 Å². The van der Waals surface area contributed by atoms with E-state index in [2.05, 4.69) is 31.4 Å². The van der Waals surface area contributed by atoms with Crippen molar-refractivity contribution in [3.8, 4) is 5.69 Å². The molecule has 1 aromatic heterocycles. The summed E-state index contributed by atoms with van der Waals surface area (Å²) in [5, 5.41) is 12.6. The number of aromatic nitrogens is 3. The van der Waals surface area contributed by atoms with Gasteiger partial charge in [-0.25, -0.2) is 0 Å². The lowest BCUT2D eigenvalue weighted by atomic mass is 10.1. The van der Waals surface area contributed by atoms with Crippen LogP contribution in [-0.2, 0) is 0 Å². The third-order valence-corrected chi connectivity index (χ3v) is 4.86. The van der Waals surface area contributed by atoms with Gasteiger partial charge in [-0.05, 0) is 67.1 Å². The van der Waals surface area contributed by atoms with E-state index in [-0.39, 0.29) is 5.91 Å². The van der Waals surface area contributed by atoms with Crippen LogP contribution in [-0.4, -0.2) is 20.9 Å². The summed E-state index contributed by atoms with van der Waals surface area (Å²) in [6.07, 6.45) is 0. The summed E-state index contributed by atoms with van der Waals surface area (Å²) >= 11 is 9.32. The Morgan fingerprint density at radius 2 is 1.74 bits per heavy atom. The van der Waals surface area contributed by atoms with E-state index < -0.39 is 0 Å². The second-order valence-corrected chi connectivity index (χ2v) is 7.44. The molecule has 0 unspecified atom stereocenters. The van der Waals surface area contributed by atoms with Crippen LogP contribution < -0.4 is 5.32 Å². The lowest BCUT2D eigenvalue weighted by molar-refractivity contribution is 0.102. The molecule has 1 amide bonds. The van der Waals surface area contributed by atoms with Gasteiger partial charge in [-0.15, -0.1) is 10.2 Å². The standard InChI is InChI=1S/C20H14BrClN4O/c1-12-9-18-19(25-26(24-18)16-7-5-15(22)6-8-16)11-17(12)23-20(27)13-3-2-4-14(21)10-13/h2-11H,1H3,(H,23,27). The highest BCUT2D eigenvalue weighted by Crippen LogP contribution is 2.23. The number of hydrogen-bond donors (Lipinski definition) is 1. The van der Waals surface area contributed by atoms with E-state index in [0.717, 1.165) is 21.2 Å². The molecule has 4 rings (SSSR count). The Morgan fingerprint density at radius 3 is 2.44 bits per heavy atom. The summed E-state index contributed by atoms with van der Waals surface area (Å²) in [4.78, 5) is 14.1. The molecule has 0 atom stereocenters. The number of halogens is 2. The molecule has 5 nitrogen and oxygen atoms in total. The van der Waals surface area contributed by atoms with Crippen molar-refractivity contribution >= 4 is 50.2 Å². The van der Waals surface area contributed by atoms with E-state index in [4.69, 9.17) is 11.6 Å². The van der Waals surface area contributed by atoms with Crippen LogP contribution in [0.5, 0.6) is 0 Å². The number of carbonyl (C=O) groups excluding carboxylic acids is 1. The maximum atomic E-state index is 12.5. The molecule has 0 aliphatic rings. The summed E-state index contributed by atoms with van der Waals surface area (Å²) < 4.78 is 0.855. The first-order valence-electron chi connectivity index (χ1n) is 8.20. The number of nitrogens with one attached hydrogen (secondary N) is 1. The largest absolute Gasteiger partial charge is 0.322 e. The molecule has 7 heteroatoms. The van der Waals surface area contributed by atoms with Crippen molar-refractivity contribution < 1.29 is 4.79 Å². The molecule has 0 aliphatic carbocycles. The van der Waals surface area contributed by atoms with Crippen LogP contribution in [0.2, 0.25) is 5.02 Å². The van der Waals surface area contributed by atoms with Crippen LogP contribution in [0.15, 0.2) is 65.1 Å². The van der Waals surface area contributed by atoms with Crippen molar-refractivity contribution in [3.05, 3.63) is 81.3 Å². The molecule has 0 aliphatic heterocycles. The van der Waals surface area contributed by atoms with Crippen molar-refractivity contribution in [1.29, 1.82) is 0 Å². The molecule has 3 aromatic carbocycles. The van der Waals surface area contributed by atoms with Crippen LogP contribution in [0.1, 0.15) is 15.9 Å². The highest BCUT2D eigenvalue weighted by atomic mass is 79.9. The predicted octanol–water partition coefficient (Wildman–Crippen LogP) is 5.40. The minimum atomic E-state index is -0.177. The predicted molar refractivity (Wildman–Crippen MR) is 111 cm³/mol. The average Bonchev–Trinajstić information content (AvgIpc) is 3.05. The summed E-state index contributed by atoms with van der Waals surface area (Å²) in [7, 11) is 0. The van der Waals surface area contributed by atoms with Gasteiger partial charge in [-0.2, -0.15) is 4.80 Å². The van der Waals surface area contributed by atoms with Gasteiger partial charge in [-0.1, -0.05) is 33.6 Å². The van der Waals surface area contributed by atoms with E-state index in [0.29, 0.717) is 21.8 Å². The molecule has 0 radical (unpaired) electrons. The van der Waals surface area contributed by atoms with Crippen molar-refractivity contribution in [2.75, 3.05) is 5.32 Å². The Morgan fingerprint density at radius 1 is 1.04 bits per heavy atom. The number of amides is 1. The fourth-order valence-corrected chi connectivity index (χ4v) is 3.24. The summed E-state index contributed by atoms with van der Waals surface area (Å²) in [6.45, 7) is 1.93. The quantitative estimate of drug-likeness (QED) is 0.463. The average molecular weight is 442 g/mol. The first kappa shape index (κ1) is 17.7. The number of nitrogens with zero attached hydrogens (tertiary/aromatic N) is 3. The van der Waals surface area contributed by atoms with Crippen LogP contribution in [0, 0.1) is 6.92 Å². The third-order valence-electron chi connectivity index (χ3n) is 4.12. The van der Waals surface area contributed by atoms with Crippen LogP contribution in [0.25, 0.3) is 16.7 Å². The summed E-state index contributed by atoms with van der Waals surface area (Å²) in [5.74, 6) is -0.177. The Labute approximate surface area is 169 Å².